The van der Waals surface area contributed by atoms with Crippen molar-refractivity contribution in [1.82, 2.24) is 15.3 Å². The molecule has 0 amide bonds. The lowest BCUT2D eigenvalue weighted by Crippen LogP contribution is -2.29. The van der Waals surface area contributed by atoms with Crippen LogP contribution in [0.25, 0.3) is 0 Å². The summed E-state index contributed by atoms with van der Waals surface area (Å²) in [6.07, 6.45) is 6.42. The standard InChI is InChI=1S/C39H30Cl2N4O5/c40-23-11-13-30(22(17-23)20-45-37(31-9-3-5-15-42-31)32-10-4-6-16-43-32)44-21-28-33(46)14-12-26-36(24-7-1-2-8-25(24)39(48)49)27-18-29(41)34(47)19-35(27)50-38(26)28/h1-19,27,36-37,44-46H,20-21H2,(H,48,49). The molecule has 0 radical (unpaired) electrons. The van der Waals surface area contributed by atoms with E-state index in [1.165, 1.54) is 6.08 Å². The number of ether oxygens (including phenoxy) is 1. The fourth-order valence-corrected chi connectivity index (χ4v) is 6.90. The first kappa shape index (κ1) is 33.0. The van der Waals surface area contributed by atoms with E-state index in [2.05, 4.69) is 20.6 Å². The van der Waals surface area contributed by atoms with Gasteiger partial charge in [-0.1, -0.05) is 65.7 Å². The quantitative estimate of drug-likeness (QED) is 0.115. The molecule has 250 valence electrons. The fourth-order valence-electron chi connectivity index (χ4n) is 6.51. The van der Waals surface area contributed by atoms with Crippen molar-refractivity contribution in [2.45, 2.75) is 25.0 Å². The monoisotopic (exact) mass is 704 g/mol. The first-order chi connectivity index (χ1) is 24.3. The number of carboxylic acid groups (broad SMARTS) is 1. The predicted molar refractivity (Wildman–Crippen MR) is 190 cm³/mol. The number of anilines is 1. The van der Waals surface area contributed by atoms with Crippen LogP contribution in [0.2, 0.25) is 5.02 Å². The predicted octanol–water partition coefficient (Wildman–Crippen LogP) is 7.75. The smallest absolute Gasteiger partial charge is 0.335 e. The molecule has 0 spiro atoms. The zero-order valence-electron chi connectivity index (χ0n) is 26.4. The van der Waals surface area contributed by atoms with Crippen molar-refractivity contribution < 1.29 is 24.5 Å². The van der Waals surface area contributed by atoms with E-state index in [1.54, 1.807) is 60.9 Å². The minimum absolute atomic E-state index is 0.0292. The van der Waals surface area contributed by atoms with Crippen molar-refractivity contribution in [2.24, 2.45) is 5.92 Å². The van der Waals surface area contributed by atoms with Crippen LogP contribution in [0.3, 0.4) is 0 Å². The van der Waals surface area contributed by atoms with Crippen LogP contribution in [0.15, 0.2) is 126 Å². The number of carboxylic acids is 1. The number of pyridine rings is 2. The SMILES string of the molecule is O=C1C=C2Oc3c(ccc(O)c3CNc3ccc(Cl)cc3CNC(c3ccccn3)c3ccccn3)C(c3ccccc3C(=O)O)C2C=C1Cl. The summed E-state index contributed by atoms with van der Waals surface area (Å²) >= 11 is 12.8. The zero-order valence-corrected chi connectivity index (χ0v) is 27.9. The number of aromatic carboxylic acids is 1. The molecule has 0 bridgehead atoms. The minimum atomic E-state index is -1.08. The Labute approximate surface area is 297 Å². The van der Waals surface area contributed by atoms with Gasteiger partial charge in [0.2, 0.25) is 0 Å². The summed E-state index contributed by atoms with van der Waals surface area (Å²) in [6, 6.07) is 26.7. The van der Waals surface area contributed by atoms with Gasteiger partial charge in [0.05, 0.1) is 33.6 Å². The number of aromatic hydroxyl groups is 1. The Hall–Kier alpha value is -5.48. The van der Waals surface area contributed by atoms with E-state index in [0.29, 0.717) is 39.8 Å². The number of aromatic nitrogens is 2. The number of carbonyl (C=O) groups excluding carboxylic acids is 1. The van der Waals surface area contributed by atoms with E-state index in [1.807, 2.05) is 48.5 Å². The third-order valence-electron chi connectivity index (χ3n) is 8.86. The first-order valence-electron chi connectivity index (χ1n) is 15.8. The van der Waals surface area contributed by atoms with Crippen molar-refractivity contribution >= 4 is 40.6 Å². The highest BCUT2D eigenvalue weighted by atomic mass is 35.5. The Morgan fingerprint density at radius 3 is 2.30 bits per heavy atom. The largest absolute Gasteiger partial charge is 0.507 e. The lowest BCUT2D eigenvalue weighted by Gasteiger charge is -2.37. The van der Waals surface area contributed by atoms with E-state index in [4.69, 9.17) is 27.9 Å². The number of carbonyl (C=O) groups is 2. The maximum Gasteiger partial charge on any atom is 0.335 e. The molecule has 0 saturated heterocycles. The molecule has 4 N–H and O–H groups in total. The van der Waals surface area contributed by atoms with Crippen LogP contribution in [-0.2, 0) is 17.9 Å². The van der Waals surface area contributed by atoms with Gasteiger partial charge >= 0.3 is 5.97 Å². The first-order valence-corrected chi connectivity index (χ1v) is 16.6. The summed E-state index contributed by atoms with van der Waals surface area (Å²) in [4.78, 5) is 34.1. The number of phenolic OH excluding ortho intramolecular Hbond substituents is 1. The second-order valence-corrected chi connectivity index (χ2v) is 12.7. The molecule has 1 aliphatic heterocycles. The van der Waals surface area contributed by atoms with Gasteiger partial charge < -0.3 is 20.3 Å². The number of hydrogen-bond acceptors (Lipinski definition) is 8. The van der Waals surface area contributed by atoms with Gasteiger partial charge in [0.1, 0.15) is 17.3 Å². The zero-order chi connectivity index (χ0) is 34.8. The molecular formula is C39H30Cl2N4O5. The van der Waals surface area contributed by atoms with Gasteiger partial charge in [-0.3, -0.25) is 20.1 Å². The van der Waals surface area contributed by atoms with Gasteiger partial charge in [-0.05, 0) is 65.7 Å². The van der Waals surface area contributed by atoms with Crippen LogP contribution in [0.1, 0.15) is 56.0 Å². The Morgan fingerprint density at radius 1 is 0.880 bits per heavy atom. The summed E-state index contributed by atoms with van der Waals surface area (Å²) in [5, 5.41) is 28.9. The Balaban J connectivity index is 1.23. The number of phenols is 1. The lowest BCUT2D eigenvalue weighted by molar-refractivity contribution is -0.111. The normalized spacial score (nSPS) is 16.5. The van der Waals surface area contributed by atoms with Gasteiger partial charge in [0.25, 0.3) is 0 Å². The number of rotatable bonds is 10. The molecule has 2 aromatic heterocycles. The van der Waals surface area contributed by atoms with E-state index in [0.717, 1.165) is 22.6 Å². The van der Waals surface area contributed by atoms with Crippen molar-refractivity contribution in [3.63, 3.8) is 0 Å². The molecule has 1 aliphatic carbocycles. The molecule has 2 atom stereocenters. The Kier molecular flexibility index (Phi) is 9.36. The fraction of sp³-hybridized carbons (Fsp3) is 0.128. The van der Waals surface area contributed by atoms with Gasteiger partial charge in [-0.25, -0.2) is 4.79 Å². The third-order valence-corrected chi connectivity index (χ3v) is 9.40. The van der Waals surface area contributed by atoms with Crippen molar-refractivity contribution in [3.8, 4) is 11.5 Å². The number of nitrogens with one attached hydrogen (secondary N) is 2. The second kappa shape index (κ2) is 14.2. The molecule has 50 heavy (non-hydrogen) atoms. The number of halogens is 2. The Morgan fingerprint density at radius 2 is 1.60 bits per heavy atom. The highest BCUT2D eigenvalue weighted by molar-refractivity contribution is 6.44. The number of fused-ring (bicyclic) bond motifs is 2. The van der Waals surface area contributed by atoms with Crippen molar-refractivity contribution in [1.29, 1.82) is 0 Å². The van der Waals surface area contributed by atoms with Gasteiger partial charge in [0, 0.05) is 59.7 Å². The number of hydrogen-bond donors (Lipinski definition) is 4. The number of benzene rings is 3. The van der Waals surface area contributed by atoms with Crippen LogP contribution >= 0.6 is 23.2 Å². The van der Waals surface area contributed by atoms with Crippen LogP contribution in [0.5, 0.6) is 11.5 Å². The van der Waals surface area contributed by atoms with Crippen molar-refractivity contribution in [3.05, 3.63) is 171 Å². The molecule has 11 heteroatoms. The van der Waals surface area contributed by atoms with E-state index in [-0.39, 0.29) is 28.9 Å². The molecule has 3 aromatic carbocycles. The maximum atomic E-state index is 12.7. The molecular weight excluding hydrogens is 675 g/mol. The minimum Gasteiger partial charge on any atom is -0.507 e. The van der Waals surface area contributed by atoms with Gasteiger partial charge in [-0.15, -0.1) is 0 Å². The third kappa shape index (κ3) is 6.58. The molecule has 2 aliphatic rings. The summed E-state index contributed by atoms with van der Waals surface area (Å²) in [6.45, 7) is 0.525. The highest BCUT2D eigenvalue weighted by Crippen LogP contribution is 2.51. The summed E-state index contributed by atoms with van der Waals surface area (Å²) in [5.74, 6) is -1.99. The lowest BCUT2D eigenvalue weighted by atomic mass is 9.74. The van der Waals surface area contributed by atoms with E-state index in [9.17, 15) is 19.8 Å². The number of nitrogens with zero attached hydrogens (tertiary/aromatic N) is 2. The molecule has 3 heterocycles. The molecule has 7 rings (SSSR count). The maximum absolute atomic E-state index is 12.7. The van der Waals surface area contributed by atoms with Crippen molar-refractivity contribution in [2.75, 3.05) is 5.32 Å². The Bertz CT molecular complexity index is 2120. The summed E-state index contributed by atoms with van der Waals surface area (Å²) < 4.78 is 6.38. The molecule has 0 saturated carbocycles. The summed E-state index contributed by atoms with van der Waals surface area (Å²) in [5.41, 5.74) is 4.96. The van der Waals surface area contributed by atoms with Gasteiger partial charge in [-0.2, -0.15) is 0 Å². The summed E-state index contributed by atoms with van der Waals surface area (Å²) in [7, 11) is 0. The molecule has 5 aromatic rings. The average molecular weight is 706 g/mol. The van der Waals surface area contributed by atoms with Crippen LogP contribution in [0, 0.1) is 5.92 Å². The average Bonchev–Trinajstić information content (AvgIpc) is 3.12. The molecule has 2 unspecified atom stereocenters. The second-order valence-electron chi connectivity index (χ2n) is 11.9. The van der Waals surface area contributed by atoms with Gasteiger partial charge in [0.15, 0.2) is 5.78 Å². The van der Waals surface area contributed by atoms with Crippen LogP contribution < -0.4 is 15.4 Å². The van der Waals surface area contributed by atoms with E-state index < -0.39 is 23.6 Å². The topological polar surface area (TPSA) is 134 Å². The molecule has 0 fully saturated rings. The van der Waals surface area contributed by atoms with Crippen LogP contribution in [0.4, 0.5) is 5.69 Å². The molecule has 9 nitrogen and oxygen atoms in total. The highest BCUT2D eigenvalue weighted by Gasteiger charge is 2.40. The van der Waals surface area contributed by atoms with Crippen LogP contribution in [-0.4, -0.2) is 31.9 Å². The van der Waals surface area contributed by atoms with E-state index >= 15 is 0 Å². The number of allylic oxidation sites excluding steroid dienone is 3. The number of ketones is 1.